The molecule has 5 aromatic heterocycles. The number of non-ortho nitro benzene ring substituents is 2. The van der Waals surface area contributed by atoms with Crippen LogP contribution in [0, 0.1) is 27.2 Å². The summed E-state index contributed by atoms with van der Waals surface area (Å²) in [5.74, 6) is 7.83. The predicted octanol–water partition coefficient (Wildman–Crippen LogP) is 18.6. The van der Waals surface area contributed by atoms with Crippen LogP contribution in [0.5, 0.6) is 23.0 Å². The molecule has 0 fully saturated rings. The van der Waals surface area contributed by atoms with Gasteiger partial charge in [0.05, 0.1) is 60.3 Å². The topological polar surface area (TPSA) is 301 Å². The van der Waals surface area contributed by atoms with E-state index in [1.807, 2.05) is 182 Å². The highest BCUT2D eigenvalue weighted by atomic mass is 79.9. The van der Waals surface area contributed by atoms with E-state index in [0.717, 1.165) is 134 Å². The summed E-state index contributed by atoms with van der Waals surface area (Å²) in [4.78, 5) is 49.8. The van der Waals surface area contributed by atoms with Crippen molar-refractivity contribution in [3.05, 3.63) is 406 Å². The van der Waals surface area contributed by atoms with E-state index in [1.165, 1.54) is 52.1 Å². The first-order chi connectivity index (χ1) is 57.9. The van der Waals surface area contributed by atoms with Gasteiger partial charge in [0.2, 0.25) is 0 Å². The van der Waals surface area contributed by atoms with Crippen LogP contribution >= 0.6 is 15.9 Å². The fourth-order valence-electron chi connectivity index (χ4n) is 12.2. The molecule has 10 aromatic carbocycles. The van der Waals surface area contributed by atoms with Crippen LogP contribution in [0.4, 0.5) is 28.4 Å². The lowest BCUT2D eigenvalue weighted by atomic mass is 10.1. The number of aryl methyl sites for hydroxylation is 1. The summed E-state index contributed by atoms with van der Waals surface area (Å²) in [6, 6.07) is 89.7. The third kappa shape index (κ3) is 30.9. The van der Waals surface area contributed by atoms with Gasteiger partial charge in [0, 0.05) is 153 Å². The van der Waals surface area contributed by atoms with Crippen molar-refractivity contribution in [1.29, 1.82) is 0 Å². The van der Waals surface area contributed by atoms with Gasteiger partial charge in [-0.2, -0.15) is 0 Å². The first-order valence-electron chi connectivity index (χ1n) is 38.5. The summed E-state index contributed by atoms with van der Waals surface area (Å²) in [7, 11) is 1.00. The number of halogens is 1. The van der Waals surface area contributed by atoms with E-state index in [1.54, 1.807) is 36.7 Å². The lowest BCUT2D eigenvalue weighted by molar-refractivity contribution is -0.385. The predicted molar refractivity (Wildman–Crippen MR) is 477 cm³/mol. The maximum atomic E-state index is 10.8. The van der Waals surface area contributed by atoms with Gasteiger partial charge < -0.3 is 59.1 Å². The van der Waals surface area contributed by atoms with E-state index in [2.05, 4.69) is 168 Å². The number of para-hydroxylation sites is 1. The number of fused-ring (bicyclic) bond motifs is 1. The number of benzene rings is 10. The summed E-state index contributed by atoms with van der Waals surface area (Å²) in [5.41, 5.74) is 16.8. The van der Waals surface area contributed by atoms with Crippen LogP contribution in [0.1, 0.15) is 64.2 Å². The van der Waals surface area contributed by atoms with Crippen LogP contribution in [0.2, 0.25) is 0 Å². The number of aromatic amines is 1. The number of nitrogens with one attached hydrogen (secondary N) is 3. The van der Waals surface area contributed by atoms with Crippen molar-refractivity contribution >= 4 is 61.1 Å². The van der Waals surface area contributed by atoms with Crippen molar-refractivity contribution in [3.63, 3.8) is 0 Å². The van der Waals surface area contributed by atoms with Crippen molar-refractivity contribution in [2.24, 2.45) is 4.99 Å². The molecule has 24 nitrogen and oxygen atoms in total. The zero-order chi connectivity index (χ0) is 82.6. The Labute approximate surface area is 702 Å². The average molecular weight is 1660 g/mol. The molecule has 1 aliphatic rings. The Morgan fingerprint density at radius 3 is 1.31 bits per heavy atom. The van der Waals surface area contributed by atoms with Crippen molar-refractivity contribution in [3.8, 4) is 23.0 Å². The molecular formula is C94H100BrN15O9. The number of amidine groups is 1. The molecule has 0 aliphatic carbocycles. The number of alkyl halides is 1. The zero-order valence-electron chi connectivity index (χ0n) is 65.9. The van der Waals surface area contributed by atoms with Crippen LogP contribution in [0.3, 0.4) is 0 Å². The molecule has 6 N–H and O–H groups in total. The number of nitrogens with two attached hydrogens (primary N) is 1. The Morgan fingerprint density at radius 1 is 0.471 bits per heavy atom. The van der Waals surface area contributed by atoms with Crippen molar-refractivity contribution in [2.45, 2.75) is 66.1 Å². The number of hydrogen-bond donors (Lipinski definition) is 5. The summed E-state index contributed by atoms with van der Waals surface area (Å²) < 4.78 is 28.9. The Hall–Kier alpha value is -14.0. The van der Waals surface area contributed by atoms with Gasteiger partial charge >= 0.3 is 0 Å². The van der Waals surface area contributed by atoms with Crippen LogP contribution in [0.25, 0.3) is 10.9 Å². The van der Waals surface area contributed by atoms with Gasteiger partial charge in [-0.1, -0.05) is 217 Å². The molecule has 0 atom stereocenters. The number of aliphatic hydroxyl groups excluding tert-OH is 1. The Morgan fingerprint density at radius 2 is 0.882 bits per heavy atom. The van der Waals surface area contributed by atoms with Gasteiger partial charge in [-0.3, -0.25) is 30.2 Å². The van der Waals surface area contributed by atoms with Crippen LogP contribution in [0.15, 0.2) is 334 Å². The summed E-state index contributed by atoms with van der Waals surface area (Å²) in [6.07, 6.45) is 19.2. The average Bonchev–Trinajstić information content (AvgIpc) is 1.08. The number of nitro groups is 2. The molecule has 0 radical (unpaired) electrons. The molecule has 612 valence electrons. The second-order valence-electron chi connectivity index (χ2n) is 26.4. The lowest BCUT2D eigenvalue weighted by Crippen LogP contribution is -2.20. The molecule has 119 heavy (non-hydrogen) atoms. The number of aliphatic hydroxyl groups is 1. The molecule has 0 amide bonds. The summed E-state index contributed by atoms with van der Waals surface area (Å²) >= 11 is 3.20. The molecule has 6 heterocycles. The molecule has 25 heteroatoms. The fraction of sp³-hybridized carbons (Fsp3) is 0.191. The van der Waals surface area contributed by atoms with Crippen LogP contribution in [-0.2, 0) is 51.7 Å². The van der Waals surface area contributed by atoms with Crippen molar-refractivity contribution < 1.29 is 33.9 Å². The quantitative estimate of drug-likeness (QED) is 0.0126. The highest BCUT2D eigenvalue weighted by Gasteiger charge is 2.13. The van der Waals surface area contributed by atoms with E-state index in [-0.39, 0.29) is 18.8 Å². The van der Waals surface area contributed by atoms with Crippen LogP contribution < -0.4 is 35.3 Å². The van der Waals surface area contributed by atoms with E-state index in [9.17, 15) is 20.2 Å². The van der Waals surface area contributed by atoms with Gasteiger partial charge in [0.1, 0.15) is 72.0 Å². The highest BCUT2D eigenvalue weighted by Crippen LogP contribution is 2.29. The smallest absolute Gasteiger partial charge is 0.273 e. The number of pyridine rings is 1. The molecular weight excluding hydrogens is 1560 g/mol. The first-order valence-corrected chi connectivity index (χ1v) is 39.6. The summed E-state index contributed by atoms with van der Waals surface area (Å²) in [5, 5.41) is 36.7. The van der Waals surface area contributed by atoms with E-state index >= 15 is 0 Å². The minimum atomic E-state index is -0.443. The number of nitrogen functional groups attached to an aromatic ring is 1. The molecule has 1 aliphatic heterocycles. The number of ether oxygens (including phenoxy) is 4. The van der Waals surface area contributed by atoms with E-state index in [4.69, 9.17) is 29.8 Å². The maximum Gasteiger partial charge on any atom is 0.273 e. The minimum Gasteiger partial charge on any atom is -0.492 e. The van der Waals surface area contributed by atoms with E-state index < -0.39 is 9.85 Å². The van der Waals surface area contributed by atoms with Gasteiger partial charge in [-0.05, 0) is 83.3 Å². The normalized spacial score (nSPS) is 10.8. The molecule has 15 aromatic rings. The minimum absolute atomic E-state index is 0. The Kier molecular flexibility index (Phi) is 37.1. The molecule has 0 spiro atoms. The highest BCUT2D eigenvalue weighted by molar-refractivity contribution is 9.09. The molecule has 0 saturated heterocycles. The Bertz CT molecular complexity index is 5450. The largest absolute Gasteiger partial charge is 0.492 e. The number of H-pyrrole nitrogens is 1. The number of rotatable bonds is 29. The van der Waals surface area contributed by atoms with Gasteiger partial charge in [-0.25, -0.2) is 19.9 Å². The number of hydrogen-bond acceptors (Lipinski definition) is 18. The third-order valence-electron chi connectivity index (χ3n) is 17.8. The number of nitrogens with zero attached hydrogens (tertiary/aromatic N) is 11. The third-order valence-corrected chi connectivity index (χ3v) is 18.1. The first kappa shape index (κ1) is 88.9. The molecule has 16 rings (SSSR count). The molecule has 0 unspecified atom stereocenters. The van der Waals surface area contributed by atoms with Gasteiger partial charge in [0.25, 0.3) is 11.4 Å². The molecule has 0 bridgehead atoms. The number of aliphatic imine (C=N–C) groups is 1. The van der Waals surface area contributed by atoms with Crippen LogP contribution in [-0.4, -0.2) is 116 Å². The summed E-state index contributed by atoms with van der Waals surface area (Å²) in [6.45, 7) is 8.15. The second-order valence-corrected chi connectivity index (χ2v) is 27.2. The van der Waals surface area contributed by atoms with Crippen molar-refractivity contribution in [1.82, 2.24) is 48.9 Å². The van der Waals surface area contributed by atoms with E-state index in [0.29, 0.717) is 55.5 Å². The standard InChI is InChI=1S/C28H26N4O.C18H17N3O3.C18H19N3O.C10H12N2.C10H10N2.C8H8BrNO3.CH4O.CH4/c1-21-18-27(25-12-5-6-13-26(25)30-21)31-23-10-7-11-24(20-23)33-17-16-32-15-14-29-28(32)19-22-8-3-2-4-9-22;22-21(23)16-7-4-8-17(14-16)24-12-11-20-10-9-19-18(20)13-15-5-2-1-3-6-15;19-16-7-4-8-17(14-16)22-12-11-21-10-9-20-18(21)13-15-5-2-1-3-6-15;2*1-2-4-9(5-3-1)8-10-11-6-7-12-10;9-4-5-13-8-3-1-2-7(6-8)10(11)12;1-2;/h2-15,18,20H,16-17,19H2,1H3,(H,30,31);1-10,14H,11-13H2;1-10,14H,11-13,19H2;1-5H,6-8H2,(H,11,12);1-7H,8H2,(H,11,12);1-3,6H,4-5H2;2H,1H3;1H4. The zero-order valence-corrected chi connectivity index (χ0v) is 67.5. The van der Waals surface area contributed by atoms with Gasteiger partial charge in [0.15, 0.2) is 0 Å². The molecule has 0 saturated carbocycles. The second kappa shape index (κ2) is 49.7. The number of nitro benzene ring substituents is 2. The van der Waals surface area contributed by atoms with Gasteiger partial charge in [-0.15, -0.1) is 0 Å². The maximum absolute atomic E-state index is 10.8. The number of anilines is 3. The fourth-order valence-corrected chi connectivity index (χ4v) is 12.3. The monoisotopic (exact) mass is 1660 g/mol. The number of imidazole rings is 4. The number of aromatic nitrogens is 9. The SMILES string of the molecule is C.CO.Cc1cc(Nc2cccc(OCCn3ccnc3Cc3ccccc3)c2)c2ccccc2n1.Nc1cccc(OCCn2ccnc2Cc2ccccc2)c1.O=[N+]([O-])c1cccc(OCCBr)c1.O=[N+]([O-])c1cccc(OCCn2ccnc2Cc2ccccc2)c1.c1ccc(CC2=NCCN2)cc1.c1ccc(Cc2ncc[nH]2)cc1. The van der Waals surface area contributed by atoms with Crippen molar-refractivity contribution in [2.75, 3.05) is 63.0 Å². The Balaban J connectivity index is 0.000000168. The lowest BCUT2D eigenvalue weighted by Gasteiger charge is -2.13.